The Morgan fingerprint density at radius 1 is 0.775 bits per heavy atom. The van der Waals surface area contributed by atoms with Gasteiger partial charge in [0.2, 0.25) is 0 Å². The minimum atomic E-state index is -0.618. The molecule has 1 N–H and O–H groups in total. The molecule has 0 aromatic heterocycles. The van der Waals surface area contributed by atoms with E-state index in [9.17, 15) is 4.79 Å². The molecular weight excluding hydrogens is 726 g/mol. The van der Waals surface area contributed by atoms with Gasteiger partial charge in [0.25, 0.3) is 0 Å². The van der Waals surface area contributed by atoms with Crippen molar-refractivity contribution in [3.63, 3.8) is 0 Å². The number of benzene rings is 3. The average molecular weight is 765 g/mol. The van der Waals surface area contributed by atoms with Crippen molar-refractivity contribution in [3.8, 4) is 0 Å². The van der Waals surface area contributed by atoms with Gasteiger partial charge in [0.05, 0.1) is 32.5 Å². The molecule has 8 heteroatoms. The van der Waals surface area contributed by atoms with E-state index in [2.05, 4.69) is 5.32 Å². The maximum Gasteiger partial charge on any atom is 0.378 e. The summed E-state index contributed by atoms with van der Waals surface area (Å²) in [6, 6.07) is 29.9. The van der Waals surface area contributed by atoms with Crippen molar-refractivity contribution in [1.29, 1.82) is 0 Å². The van der Waals surface area contributed by atoms with Gasteiger partial charge in [0.15, 0.2) is 0 Å². The second kappa shape index (κ2) is 16.5. The smallest absolute Gasteiger partial charge is 0.378 e. The summed E-state index contributed by atoms with van der Waals surface area (Å²) in [5.74, 6) is 0. The van der Waals surface area contributed by atoms with Crippen molar-refractivity contribution in [1.82, 2.24) is 5.32 Å². The molecule has 1 saturated heterocycles. The first-order valence-electron chi connectivity index (χ1n) is 13.3. The van der Waals surface area contributed by atoms with Gasteiger partial charge in [0.1, 0.15) is 17.8 Å². The normalized spacial score (nSPS) is 20.5. The molecule has 3 aromatic rings. The van der Waals surface area contributed by atoms with Gasteiger partial charge in [0, 0.05) is 39.9 Å². The zero-order valence-corrected chi connectivity index (χ0v) is 27.4. The second-order valence-electron chi connectivity index (χ2n) is 10.5. The van der Waals surface area contributed by atoms with Crippen LogP contribution in [0.15, 0.2) is 91.0 Å². The van der Waals surface area contributed by atoms with Crippen molar-refractivity contribution in [2.24, 2.45) is 0 Å². The predicted molar refractivity (Wildman–Crippen MR) is 148 cm³/mol. The molecule has 1 fully saturated rings. The molecule has 1 amide bonds. The predicted octanol–water partition coefficient (Wildman–Crippen LogP) is 5.83. The summed E-state index contributed by atoms with van der Waals surface area (Å²) in [7, 11) is 0. The molecule has 1 heterocycles. The Kier molecular flexibility index (Phi) is 13.5. The van der Waals surface area contributed by atoms with E-state index in [1.165, 1.54) is 0 Å². The summed E-state index contributed by atoms with van der Waals surface area (Å²) in [6.07, 6.45) is -2.48. The van der Waals surface area contributed by atoms with E-state index >= 15 is 0 Å². The van der Waals surface area contributed by atoms with E-state index in [0.717, 1.165) is 16.7 Å². The Labute approximate surface area is 269 Å². The second-order valence-corrected chi connectivity index (χ2v) is 10.5. The molecule has 0 saturated carbocycles. The van der Waals surface area contributed by atoms with Crippen LogP contribution in [0.2, 0.25) is 0 Å². The molecule has 4 rings (SSSR count). The van der Waals surface area contributed by atoms with Gasteiger partial charge in [-0.2, -0.15) is 0 Å². The summed E-state index contributed by atoms with van der Waals surface area (Å²) in [5.41, 5.74) is 2.53. The first-order valence-corrected chi connectivity index (χ1v) is 13.3. The molecule has 7 nitrogen and oxygen atoms in total. The van der Waals surface area contributed by atoms with E-state index in [-0.39, 0.29) is 39.9 Å². The monoisotopic (exact) mass is 764 g/mol. The van der Waals surface area contributed by atoms with Gasteiger partial charge in [-0.3, -0.25) is 0 Å². The molecule has 1 aliphatic heterocycles. The Hall–Kier alpha value is -1.91. The molecule has 3 aromatic carbocycles. The molecule has 212 valence electrons. The third kappa shape index (κ3) is 10.8. The van der Waals surface area contributed by atoms with Crippen LogP contribution in [-0.4, -0.2) is 42.7 Å². The van der Waals surface area contributed by atoms with Crippen LogP contribution in [0.5, 0.6) is 0 Å². The fourth-order valence-corrected chi connectivity index (χ4v) is 4.27. The van der Waals surface area contributed by atoms with Crippen molar-refractivity contribution in [2.45, 2.75) is 70.6 Å². The van der Waals surface area contributed by atoms with E-state index in [4.69, 9.17) is 23.7 Å². The van der Waals surface area contributed by atoms with Crippen molar-refractivity contribution in [2.75, 3.05) is 6.61 Å². The molecular formula is C32H38NO6Th-. The van der Waals surface area contributed by atoms with E-state index in [1.54, 1.807) is 6.54 Å². The number of nitrogens with one attached hydrogen (secondary N) is 1. The van der Waals surface area contributed by atoms with Gasteiger partial charge in [-0.25, -0.2) is 11.3 Å². The standard InChI is InChI=1S/C32H38NO6.Th/c1-32(2,3)39-31(34)33-19-27-29(36-21-25-15-9-5-10-16-25)30(37-22-26-17-11-6-12-18-26)28(38-27)23-35-20-24-13-7-4-8-14-24;/h4-19,27-30H,20-23H2,1-3H3,(H,33,34);/q-1;/t27-,28-,29+,30-;/m0./s1. The van der Waals surface area contributed by atoms with Gasteiger partial charge in [-0.05, 0) is 43.6 Å². The van der Waals surface area contributed by atoms with Gasteiger partial charge in [-0.15, -0.1) is 0 Å². The number of rotatable bonds is 12. The quantitative estimate of drug-likeness (QED) is 0.234. The topological polar surface area (TPSA) is 75.3 Å². The van der Waals surface area contributed by atoms with Gasteiger partial charge in [-0.1, -0.05) is 91.0 Å². The van der Waals surface area contributed by atoms with Gasteiger partial charge >= 0.3 is 6.09 Å². The fourth-order valence-electron chi connectivity index (χ4n) is 4.27. The summed E-state index contributed by atoms with van der Waals surface area (Å²) >= 11 is 0. The van der Waals surface area contributed by atoms with Crippen LogP contribution < -0.4 is 5.32 Å². The summed E-state index contributed by atoms with van der Waals surface area (Å²) < 4.78 is 30.7. The Bertz CT molecular complexity index is 1130. The third-order valence-corrected chi connectivity index (χ3v) is 6.07. The SMILES string of the molecule is CC(C)(C)OC(=O)N[CH-][C@@H]1O[C@@H](COCc2ccccc2)[C@H](OCc2ccccc2)[C@@H]1OCc1ccccc1.[Th]. The third-order valence-electron chi connectivity index (χ3n) is 6.07. The van der Waals surface area contributed by atoms with E-state index in [0.29, 0.717) is 26.4 Å². The number of carbonyl (C=O) groups excluding carboxylic acids is 1. The summed E-state index contributed by atoms with van der Waals surface area (Å²) in [5, 5.41) is 2.72. The number of hydrogen-bond donors (Lipinski definition) is 1. The van der Waals surface area contributed by atoms with Gasteiger partial charge < -0.3 is 29.0 Å². The largest absolute Gasteiger partial charge is 0.468 e. The number of alkyl carbamates (subject to hydrolysis) is 1. The molecule has 4 atom stereocenters. The number of hydrogen-bond acceptors (Lipinski definition) is 6. The van der Waals surface area contributed by atoms with Crippen molar-refractivity contribution < 1.29 is 68.4 Å². The van der Waals surface area contributed by atoms with Crippen LogP contribution >= 0.6 is 0 Å². The average Bonchev–Trinajstić information content (AvgIpc) is 3.26. The van der Waals surface area contributed by atoms with Crippen LogP contribution in [0.4, 0.5) is 4.79 Å². The first kappa shape index (κ1) is 32.6. The molecule has 0 aliphatic carbocycles. The maximum atomic E-state index is 12.4. The minimum Gasteiger partial charge on any atom is -0.468 e. The Balaban J connectivity index is 0.00000441. The molecule has 0 unspecified atom stereocenters. The zero-order valence-electron chi connectivity index (χ0n) is 23.3. The Morgan fingerprint density at radius 3 is 1.75 bits per heavy atom. The first-order chi connectivity index (χ1) is 18.9. The maximum absolute atomic E-state index is 12.4. The fraction of sp³-hybridized carbons (Fsp3) is 0.375. The Morgan fingerprint density at radius 2 is 1.25 bits per heavy atom. The number of carbonyl (C=O) groups is 1. The summed E-state index contributed by atoms with van der Waals surface area (Å²) in [4.78, 5) is 12.4. The van der Waals surface area contributed by atoms with Crippen LogP contribution in [0.25, 0.3) is 0 Å². The van der Waals surface area contributed by atoms with Crippen LogP contribution in [0.3, 0.4) is 0 Å². The molecule has 0 spiro atoms. The van der Waals surface area contributed by atoms with Crippen LogP contribution in [-0.2, 0) is 43.5 Å². The van der Waals surface area contributed by atoms with E-state index < -0.39 is 36.1 Å². The minimum absolute atomic E-state index is 0. The van der Waals surface area contributed by atoms with Crippen LogP contribution in [0.1, 0.15) is 37.5 Å². The number of amides is 1. The van der Waals surface area contributed by atoms with Crippen LogP contribution in [0, 0.1) is 46.5 Å². The summed E-state index contributed by atoms with van der Waals surface area (Å²) in [6.45, 7) is 8.55. The molecule has 0 bridgehead atoms. The molecule has 0 radical (unpaired) electrons. The van der Waals surface area contributed by atoms with Crippen molar-refractivity contribution in [3.05, 3.63) is 114 Å². The molecule has 1 aliphatic rings. The van der Waals surface area contributed by atoms with E-state index in [1.807, 2.05) is 112 Å². The van der Waals surface area contributed by atoms with Crippen molar-refractivity contribution >= 4 is 6.09 Å². The zero-order chi connectivity index (χ0) is 27.5. The molecule has 40 heavy (non-hydrogen) atoms. The number of ether oxygens (including phenoxy) is 5.